The number of rotatable bonds is 2. The summed E-state index contributed by atoms with van der Waals surface area (Å²) in [5, 5.41) is 3.44. The van der Waals surface area contributed by atoms with Crippen molar-refractivity contribution in [1.82, 2.24) is 15.0 Å². The Hall–Kier alpha value is -1.10. The van der Waals surface area contributed by atoms with Gasteiger partial charge >= 0.3 is 0 Å². The molecule has 1 aliphatic rings. The van der Waals surface area contributed by atoms with Crippen molar-refractivity contribution in [3.05, 3.63) is 5.28 Å². The van der Waals surface area contributed by atoms with E-state index in [1.165, 1.54) is 12.8 Å². The molecule has 6 heteroatoms. The summed E-state index contributed by atoms with van der Waals surface area (Å²) in [6.45, 7) is 4.55. The summed E-state index contributed by atoms with van der Waals surface area (Å²) in [4.78, 5) is 11.8. The van der Waals surface area contributed by atoms with Gasteiger partial charge < -0.3 is 11.1 Å². The van der Waals surface area contributed by atoms with Crippen LogP contribution in [0.15, 0.2) is 0 Å². The lowest BCUT2D eigenvalue weighted by Gasteiger charge is -2.33. The Morgan fingerprint density at radius 3 is 2.65 bits per heavy atom. The Morgan fingerprint density at radius 1 is 1.24 bits per heavy atom. The predicted octanol–water partition coefficient (Wildman–Crippen LogP) is 2.34. The number of aromatic nitrogens is 3. The summed E-state index contributed by atoms with van der Waals surface area (Å²) in [5.74, 6) is 2.05. The minimum atomic E-state index is 0.136. The molecule has 3 N–H and O–H groups in total. The number of hydrogen-bond acceptors (Lipinski definition) is 5. The third-order valence-electron chi connectivity index (χ3n) is 3.37. The molecule has 3 atom stereocenters. The SMILES string of the molecule is CC1CCC(Nc2nc(N)nc(Cl)n2)C(C)C1. The van der Waals surface area contributed by atoms with Crippen LogP contribution in [0.2, 0.25) is 5.28 Å². The Labute approximate surface area is 106 Å². The number of nitrogens with zero attached hydrogens (tertiary/aromatic N) is 3. The van der Waals surface area contributed by atoms with Crippen molar-refractivity contribution in [3.63, 3.8) is 0 Å². The van der Waals surface area contributed by atoms with Gasteiger partial charge in [-0.3, -0.25) is 0 Å². The van der Waals surface area contributed by atoms with Gasteiger partial charge in [0, 0.05) is 6.04 Å². The standard InChI is InChI=1S/C11H18ClN5/c1-6-3-4-8(7(2)5-6)14-11-16-9(12)15-10(13)17-11/h6-8H,3-5H2,1-2H3,(H3,13,14,15,16,17). The molecular formula is C11H18ClN5. The summed E-state index contributed by atoms with van der Waals surface area (Å²) >= 11 is 5.75. The number of halogens is 1. The smallest absolute Gasteiger partial charge is 0.229 e. The second kappa shape index (κ2) is 5.04. The lowest BCUT2D eigenvalue weighted by atomic mass is 9.80. The topological polar surface area (TPSA) is 76.7 Å². The molecular weight excluding hydrogens is 238 g/mol. The molecule has 5 nitrogen and oxygen atoms in total. The molecule has 3 unspecified atom stereocenters. The molecule has 2 rings (SSSR count). The van der Waals surface area contributed by atoms with Crippen LogP contribution in [0.1, 0.15) is 33.1 Å². The third kappa shape index (κ3) is 3.19. The first kappa shape index (κ1) is 12.4. The van der Waals surface area contributed by atoms with Crippen LogP contribution in [-0.2, 0) is 0 Å². The summed E-state index contributed by atoms with van der Waals surface area (Å²) in [6.07, 6.45) is 3.59. The minimum Gasteiger partial charge on any atom is -0.368 e. The lowest BCUT2D eigenvalue weighted by molar-refractivity contribution is 0.276. The van der Waals surface area contributed by atoms with Gasteiger partial charge in [0.1, 0.15) is 0 Å². The highest BCUT2D eigenvalue weighted by molar-refractivity contribution is 6.28. The second-order valence-electron chi connectivity index (χ2n) is 4.93. The summed E-state index contributed by atoms with van der Waals surface area (Å²) in [6, 6.07) is 0.393. The quantitative estimate of drug-likeness (QED) is 0.848. The summed E-state index contributed by atoms with van der Waals surface area (Å²) in [5.41, 5.74) is 5.53. The average Bonchev–Trinajstić information content (AvgIpc) is 2.21. The van der Waals surface area contributed by atoms with Crippen LogP contribution < -0.4 is 11.1 Å². The van der Waals surface area contributed by atoms with Crippen molar-refractivity contribution in [2.75, 3.05) is 11.1 Å². The van der Waals surface area contributed by atoms with Gasteiger partial charge in [0.25, 0.3) is 0 Å². The first-order valence-electron chi connectivity index (χ1n) is 5.98. The monoisotopic (exact) mass is 255 g/mol. The highest BCUT2D eigenvalue weighted by Crippen LogP contribution is 2.30. The lowest BCUT2D eigenvalue weighted by Crippen LogP contribution is -2.33. The van der Waals surface area contributed by atoms with E-state index in [-0.39, 0.29) is 11.2 Å². The molecule has 1 fully saturated rings. The fraction of sp³-hybridized carbons (Fsp3) is 0.727. The molecule has 17 heavy (non-hydrogen) atoms. The second-order valence-corrected chi connectivity index (χ2v) is 5.27. The normalized spacial score (nSPS) is 29.0. The van der Waals surface area contributed by atoms with E-state index in [1.807, 2.05) is 0 Å². The van der Waals surface area contributed by atoms with E-state index in [4.69, 9.17) is 17.3 Å². The van der Waals surface area contributed by atoms with Crippen LogP contribution in [0.25, 0.3) is 0 Å². The summed E-state index contributed by atoms with van der Waals surface area (Å²) < 4.78 is 0. The third-order valence-corrected chi connectivity index (χ3v) is 3.54. The maximum atomic E-state index is 5.75. The van der Waals surface area contributed by atoms with E-state index in [0.717, 1.165) is 12.3 Å². The number of nitrogen functional groups attached to an aromatic ring is 1. The van der Waals surface area contributed by atoms with Gasteiger partial charge in [0.15, 0.2) is 0 Å². The molecule has 1 aromatic rings. The molecule has 1 aromatic heterocycles. The highest BCUT2D eigenvalue weighted by Gasteiger charge is 2.25. The Morgan fingerprint density at radius 2 is 2.00 bits per heavy atom. The molecule has 94 valence electrons. The van der Waals surface area contributed by atoms with Crippen molar-refractivity contribution < 1.29 is 0 Å². The van der Waals surface area contributed by atoms with Crippen LogP contribution in [0.4, 0.5) is 11.9 Å². The molecule has 0 aromatic carbocycles. The fourth-order valence-corrected chi connectivity index (χ4v) is 2.64. The molecule has 0 amide bonds. The van der Waals surface area contributed by atoms with Crippen molar-refractivity contribution in [3.8, 4) is 0 Å². The molecule has 1 saturated carbocycles. The van der Waals surface area contributed by atoms with Gasteiger partial charge in [-0.25, -0.2) is 0 Å². The van der Waals surface area contributed by atoms with Gasteiger partial charge in [0.2, 0.25) is 17.2 Å². The molecule has 0 bridgehead atoms. The van der Waals surface area contributed by atoms with Gasteiger partial charge in [0.05, 0.1) is 0 Å². The number of nitrogens with one attached hydrogen (secondary N) is 1. The summed E-state index contributed by atoms with van der Waals surface area (Å²) in [7, 11) is 0. The first-order chi connectivity index (χ1) is 8.04. The number of nitrogens with two attached hydrogens (primary N) is 1. The minimum absolute atomic E-state index is 0.136. The van der Waals surface area contributed by atoms with E-state index in [9.17, 15) is 0 Å². The van der Waals surface area contributed by atoms with E-state index < -0.39 is 0 Å². The molecule has 0 radical (unpaired) electrons. The van der Waals surface area contributed by atoms with Crippen molar-refractivity contribution >= 4 is 23.5 Å². The van der Waals surface area contributed by atoms with Crippen LogP contribution in [0, 0.1) is 11.8 Å². The fourth-order valence-electron chi connectivity index (χ4n) is 2.48. The zero-order chi connectivity index (χ0) is 12.4. The van der Waals surface area contributed by atoms with E-state index in [0.29, 0.717) is 17.9 Å². The Bertz CT molecular complexity index is 377. The molecule has 0 spiro atoms. The van der Waals surface area contributed by atoms with Crippen LogP contribution in [0.3, 0.4) is 0 Å². The van der Waals surface area contributed by atoms with Crippen molar-refractivity contribution in [2.24, 2.45) is 11.8 Å². The number of anilines is 2. The molecule has 0 aliphatic heterocycles. The molecule has 0 saturated heterocycles. The van der Waals surface area contributed by atoms with Crippen molar-refractivity contribution in [2.45, 2.75) is 39.2 Å². The van der Waals surface area contributed by atoms with E-state index in [1.54, 1.807) is 0 Å². The van der Waals surface area contributed by atoms with E-state index in [2.05, 4.69) is 34.1 Å². The van der Waals surface area contributed by atoms with Crippen LogP contribution in [0.5, 0.6) is 0 Å². The zero-order valence-electron chi connectivity index (χ0n) is 10.2. The first-order valence-corrected chi connectivity index (χ1v) is 6.36. The zero-order valence-corrected chi connectivity index (χ0v) is 10.9. The largest absolute Gasteiger partial charge is 0.368 e. The highest BCUT2D eigenvalue weighted by atomic mass is 35.5. The Kier molecular flexibility index (Phi) is 3.66. The molecule has 1 aliphatic carbocycles. The van der Waals surface area contributed by atoms with Gasteiger partial charge in [-0.15, -0.1) is 0 Å². The van der Waals surface area contributed by atoms with Crippen LogP contribution in [-0.4, -0.2) is 21.0 Å². The number of hydrogen-bond donors (Lipinski definition) is 2. The van der Waals surface area contributed by atoms with E-state index >= 15 is 0 Å². The van der Waals surface area contributed by atoms with Crippen molar-refractivity contribution in [1.29, 1.82) is 0 Å². The van der Waals surface area contributed by atoms with Gasteiger partial charge in [-0.05, 0) is 42.7 Å². The Balaban J connectivity index is 2.05. The maximum Gasteiger partial charge on any atom is 0.229 e. The van der Waals surface area contributed by atoms with Gasteiger partial charge in [-0.2, -0.15) is 15.0 Å². The average molecular weight is 256 g/mol. The predicted molar refractivity (Wildman–Crippen MR) is 68.8 cm³/mol. The van der Waals surface area contributed by atoms with Gasteiger partial charge in [-0.1, -0.05) is 13.8 Å². The molecule has 1 heterocycles. The van der Waals surface area contributed by atoms with Crippen LogP contribution >= 0.6 is 11.6 Å². The maximum absolute atomic E-state index is 5.75.